The van der Waals surface area contributed by atoms with Gasteiger partial charge in [-0.1, -0.05) is 6.07 Å². The van der Waals surface area contributed by atoms with E-state index in [0.717, 1.165) is 30.9 Å². The lowest BCUT2D eigenvalue weighted by Gasteiger charge is -2.25. The molecule has 1 N–H and O–H groups in total. The molecule has 0 amide bonds. The Balaban J connectivity index is 1.70. The lowest BCUT2D eigenvalue weighted by molar-refractivity contribution is 0.112. The van der Waals surface area contributed by atoms with Gasteiger partial charge in [0.15, 0.2) is 0 Å². The van der Waals surface area contributed by atoms with Crippen LogP contribution in [0.3, 0.4) is 0 Å². The van der Waals surface area contributed by atoms with E-state index < -0.39 is 0 Å². The third kappa shape index (κ3) is 3.00. The highest BCUT2D eigenvalue weighted by Gasteiger charge is 2.33. The number of thiazole rings is 1. The zero-order chi connectivity index (χ0) is 13.1. The lowest BCUT2D eigenvalue weighted by atomic mass is 10.0. The molecule has 1 saturated heterocycles. The first-order valence-electron chi connectivity index (χ1n) is 6.52. The van der Waals surface area contributed by atoms with Gasteiger partial charge in [-0.2, -0.15) is 0 Å². The van der Waals surface area contributed by atoms with Crippen LogP contribution in [0.5, 0.6) is 0 Å². The highest BCUT2D eigenvalue weighted by Crippen LogP contribution is 2.24. The lowest BCUT2D eigenvalue weighted by Crippen LogP contribution is -2.36. The molecule has 0 aromatic carbocycles. The molecular weight excluding hydrogens is 258 g/mol. The number of hydrogen-bond donors (Lipinski definition) is 1. The summed E-state index contributed by atoms with van der Waals surface area (Å²) >= 11 is 1.67. The number of rotatable bonds is 4. The molecule has 1 fully saturated rings. The molecular formula is C14H17N3OS. The van der Waals surface area contributed by atoms with Crippen LogP contribution in [0.2, 0.25) is 0 Å². The van der Waals surface area contributed by atoms with E-state index in [4.69, 9.17) is 0 Å². The summed E-state index contributed by atoms with van der Waals surface area (Å²) in [7, 11) is 0. The van der Waals surface area contributed by atoms with E-state index in [1.54, 1.807) is 17.5 Å². The Kier molecular flexibility index (Phi) is 3.87. The second-order valence-electron chi connectivity index (χ2n) is 4.89. The van der Waals surface area contributed by atoms with Crippen molar-refractivity contribution in [3.05, 3.63) is 46.7 Å². The van der Waals surface area contributed by atoms with Crippen molar-refractivity contribution >= 4 is 11.3 Å². The fourth-order valence-electron chi connectivity index (χ4n) is 2.63. The molecule has 100 valence electrons. The Hall–Kier alpha value is -1.30. The third-order valence-electron chi connectivity index (χ3n) is 3.61. The van der Waals surface area contributed by atoms with Gasteiger partial charge in [-0.25, -0.2) is 4.98 Å². The van der Waals surface area contributed by atoms with Crippen molar-refractivity contribution in [3.8, 4) is 0 Å². The molecule has 0 bridgehead atoms. The van der Waals surface area contributed by atoms with Gasteiger partial charge in [0.05, 0.1) is 12.6 Å². The quantitative estimate of drug-likeness (QED) is 0.923. The Morgan fingerprint density at radius 1 is 1.42 bits per heavy atom. The molecule has 2 aromatic heterocycles. The van der Waals surface area contributed by atoms with Gasteiger partial charge in [0.25, 0.3) is 0 Å². The summed E-state index contributed by atoms with van der Waals surface area (Å²) in [5.74, 6) is 0. The summed E-state index contributed by atoms with van der Waals surface area (Å²) in [5, 5.41) is 13.3. The van der Waals surface area contributed by atoms with Crippen molar-refractivity contribution in [1.82, 2.24) is 14.9 Å². The molecule has 3 rings (SSSR count). The average molecular weight is 275 g/mol. The van der Waals surface area contributed by atoms with Crippen molar-refractivity contribution in [2.45, 2.75) is 31.5 Å². The largest absolute Gasteiger partial charge is 0.391 e. The number of likely N-dealkylation sites (tertiary alicyclic amines) is 1. The van der Waals surface area contributed by atoms with Gasteiger partial charge in [0.1, 0.15) is 5.01 Å². The molecule has 3 heterocycles. The molecule has 2 atom stereocenters. The summed E-state index contributed by atoms with van der Waals surface area (Å²) in [6, 6.07) is 4.19. The number of pyridine rings is 1. The summed E-state index contributed by atoms with van der Waals surface area (Å²) in [6.07, 6.45) is 6.94. The zero-order valence-electron chi connectivity index (χ0n) is 10.6. The van der Waals surface area contributed by atoms with Crippen molar-refractivity contribution in [3.63, 3.8) is 0 Å². The van der Waals surface area contributed by atoms with Crippen LogP contribution in [0.4, 0.5) is 0 Å². The van der Waals surface area contributed by atoms with E-state index in [2.05, 4.69) is 20.9 Å². The molecule has 0 radical (unpaired) electrons. The minimum Gasteiger partial charge on any atom is -0.391 e. The number of aromatic nitrogens is 2. The Morgan fingerprint density at radius 2 is 2.37 bits per heavy atom. The van der Waals surface area contributed by atoms with Gasteiger partial charge in [0.2, 0.25) is 0 Å². The number of aliphatic hydroxyl groups excluding tert-OH is 1. The molecule has 0 unspecified atom stereocenters. The third-order valence-corrected chi connectivity index (χ3v) is 4.38. The van der Waals surface area contributed by atoms with Crippen LogP contribution in [0.25, 0.3) is 0 Å². The van der Waals surface area contributed by atoms with Gasteiger partial charge in [-0.05, 0) is 24.5 Å². The van der Waals surface area contributed by atoms with E-state index in [1.807, 2.05) is 23.8 Å². The summed E-state index contributed by atoms with van der Waals surface area (Å²) in [5.41, 5.74) is 1.18. The minimum absolute atomic E-state index is 0.174. The van der Waals surface area contributed by atoms with Gasteiger partial charge >= 0.3 is 0 Å². The normalized spacial score (nSPS) is 23.8. The maximum Gasteiger partial charge on any atom is 0.107 e. The topological polar surface area (TPSA) is 49.2 Å². The van der Waals surface area contributed by atoms with E-state index in [9.17, 15) is 5.11 Å². The van der Waals surface area contributed by atoms with Crippen molar-refractivity contribution in [2.75, 3.05) is 6.54 Å². The van der Waals surface area contributed by atoms with E-state index in [-0.39, 0.29) is 12.1 Å². The van der Waals surface area contributed by atoms with Gasteiger partial charge in [-0.15, -0.1) is 11.3 Å². The standard InChI is InChI=1S/C14H17N3OS/c18-13-3-6-17(10-14-16-5-7-19-14)12(13)8-11-2-1-4-15-9-11/h1-2,4-5,7,9,12-13,18H,3,6,8,10H2/t12-,13-/m1/s1. The summed E-state index contributed by atoms with van der Waals surface area (Å²) < 4.78 is 0. The average Bonchev–Trinajstić information content (AvgIpc) is 3.05. The second-order valence-corrected chi connectivity index (χ2v) is 5.86. The molecule has 4 nitrogen and oxygen atoms in total. The van der Waals surface area contributed by atoms with Crippen LogP contribution < -0.4 is 0 Å². The maximum atomic E-state index is 10.2. The van der Waals surface area contributed by atoms with Crippen molar-refractivity contribution in [2.24, 2.45) is 0 Å². The van der Waals surface area contributed by atoms with Crippen LogP contribution in [-0.4, -0.2) is 38.7 Å². The predicted molar refractivity (Wildman–Crippen MR) is 74.9 cm³/mol. The monoisotopic (exact) mass is 275 g/mol. The first kappa shape index (κ1) is 12.7. The van der Waals surface area contributed by atoms with Crippen LogP contribution >= 0.6 is 11.3 Å². The minimum atomic E-state index is -0.250. The molecule has 0 spiro atoms. The molecule has 19 heavy (non-hydrogen) atoms. The van der Waals surface area contributed by atoms with Gasteiger partial charge < -0.3 is 5.11 Å². The molecule has 1 aliphatic rings. The van der Waals surface area contributed by atoms with Crippen molar-refractivity contribution in [1.29, 1.82) is 0 Å². The highest BCUT2D eigenvalue weighted by molar-refractivity contribution is 7.09. The highest BCUT2D eigenvalue weighted by atomic mass is 32.1. The molecule has 5 heteroatoms. The van der Waals surface area contributed by atoms with E-state index >= 15 is 0 Å². The van der Waals surface area contributed by atoms with Crippen LogP contribution in [0.1, 0.15) is 17.0 Å². The second kappa shape index (κ2) is 5.77. The molecule has 1 aliphatic heterocycles. The van der Waals surface area contributed by atoms with Crippen molar-refractivity contribution < 1.29 is 5.11 Å². The van der Waals surface area contributed by atoms with Crippen LogP contribution in [0, 0.1) is 0 Å². The molecule has 2 aromatic rings. The first-order chi connectivity index (χ1) is 9.33. The van der Waals surface area contributed by atoms with Gasteiger partial charge in [-0.3, -0.25) is 9.88 Å². The summed E-state index contributed by atoms with van der Waals surface area (Å²) in [4.78, 5) is 10.8. The van der Waals surface area contributed by atoms with Gasteiger partial charge in [0, 0.05) is 36.6 Å². The Labute approximate surface area is 116 Å². The smallest absolute Gasteiger partial charge is 0.107 e. The zero-order valence-corrected chi connectivity index (χ0v) is 11.5. The molecule has 0 saturated carbocycles. The van der Waals surface area contributed by atoms with E-state index in [1.165, 1.54) is 5.56 Å². The fourth-order valence-corrected chi connectivity index (χ4v) is 3.27. The van der Waals surface area contributed by atoms with Crippen LogP contribution in [-0.2, 0) is 13.0 Å². The number of nitrogens with zero attached hydrogens (tertiary/aromatic N) is 3. The maximum absolute atomic E-state index is 10.2. The van der Waals surface area contributed by atoms with Crippen LogP contribution in [0.15, 0.2) is 36.1 Å². The number of aliphatic hydroxyl groups is 1. The Morgan fingerprint density at radius 3 is 3.11 bits per heavy atom. The SMILES string of the molecule is O[C@@H]1CCN(Cc2nccs2)[C@@H]1Cc1cccnc1. The predicted octanol–water partition coefficient (Wildman–Crippen LogP) is 1.72. The van der Waals surface area contributed by atoms with E-state index in [0.29, 0.717) is 0 Å². The Bertz CT molecular complexity index is 503. The number of hydrogen-bond acceptors (Lipinski definition) is 5. The fraction of sp³-hybridized carbons (Fsp3) is 0.429. The summed E-state index contributed by atoms with van der Waals surface area (Å²) in [6.45, 7) is 1.77. The first-order valence-corrected chi connectivity index (χ1v) is 7.40. The molecule has 0 aliphatic carbocycles.